The van der Waals surface area contributed by atoms with Gasteiger partial charge >= 0.3 is 11.9 Å². The Morgan fingerprint density at radius 2 is 1.95 bits per heavy atom. The molecule has 20 heavy (non-hydrogen) atoms. The first-order chi connectivity index (χ1) is 9.63. The number of unbranched alkanes of at least 4 members (excludes halogenated alkanes) is 1. The minimum atomic E-state index is -1.16. The molecule has 0 bridgehead atoms. The quantitative estimate of drug-likeness (QED) is 0.359. The summed E-state index contributed by atoms with van der Waals surface area (Å²) in [6.45, 7) is 2.29. The number of carboxylic acids is 1. The van der Waals surface area contributed by atoms with Crippen molar-refractivity contribution >= 4 is 18.0 Å². The molecule has 0 heterocycles. The maximum atomic E-state index is 11.4. The van der Waals surface area contributed by atoms with E-state index in [-0.39, 0.29) is 5.57 Å². The SMILES string of the molecule is CCCCOC(=O)/C=C(/C=C/c1ccccc1)C(=O)O. The van der Waals surface area contributed by atoms with Crippen LogP contribution in [0.1, 0.15) is 25.3 Å². The van der Waals surface area contributed by atoms with Crippen LogP contribution in [0.2, 0.25) is 0 Å². The fraction of sp³-hybridized carbons (Fsp3) is 0.250. The van der Waals surface area contributed by atoms with E-state index in [1.165, 1.54) is 6.08 Å². The number of hydrogen-bond donors (Lipinski definition) is 1. The smallest absolute Gasteiger partial charge is 0.335 e. The van der Waals surface area contributed by atoms with Crippen LogP contribution in [0.15, 0.2) is 48.1 Å². The minimum absolute atomic E-state index is 0.102. The number of aliphatic carboxylic acids is 1. The summed E-state index contributed by atoms with van der Waals surface area (Å²) in [5.41, 5.74) is 0.759. The van der Waals surface area contributed by atoms with Crippen molar-refractivity contribution in [2.24, 2.45) is 0 Å². The topological polar surface area (TPSA) is 63.6 Å². The van der Waals surface area contributed by atoms with Crippen LogP contribution < -0.4 is 0 Å². The zero-order valence-corrected chi connectivity index (χ0v) is 11.4. The van der Waals surface area contributed by atoms with Crippen molar-refractivity contribution in [2.75, 3.05) is 6.61 Å². The third-order valence-electron chi connectivity index (χ3n) is 2.52. The normalized spacial score (nSPS) is 11.6. The van der Waals surface area contributed by atoms with E-state index in [4.69, 9.17) is 9.84 Å². The standard InChI is InChI=1S/C16H18O4/c1-2-3-11-20-15(17)12-14(16(18)19)10-9-13-7-5-4-6-8-13/h4-10,12H,2-3,11H2,1H3,(H,18,19)/b10-9+,14-12-. The summed E-state index contributed by atoms with van der Waals surface area (Å²) >= 11 is 0. The zero-order chi connectivity index (χ0) is 14.8. The molecule has 0 atom stereocenters. The number of rotatable bonds is 7. The lowest BCUT2D eigenvalue weighted by Crippen LogP contribution is -2.06. The Hall–Kier alpha value is -2.36. The predicted molar refractivity (Wildman–Crippen MR) is 77.1 cm³/mol. The van der Waals surface area contributed by atoms with E-state index in [1.54, 1.807) is 6.08 Å². The summed E-state index contributed by atoms with van der Waals surface area (Å²) in [6.07, 6.45) is 5.70. The molecule has 1 N–H and O–H groups in total. The van der Waals surface area contributed by atoms with Gasteiger partial charge in [-0.05, 0) is 18.1 Å². The van der Waals surface area contributed by atoms with Gasteiger partial charge in [-0.25, -0.2) is 9.59 Å². The van der Waals surface area contributed by atoms with Gasteiger partial charge in [0.05, 0.1) is 12.2 Å². The van der Waals surface area contributed by atoms with Crippen LogP contribution in [0.25, 0.3) is 6.08 Å². The largest absolute Gasteiger partial charge is 0.478 e. The van der Waals surface area contributed by atoms with Gasteiger partial charge in [-0.2, -0.15) is 0 Å². The van der Waals surface area contributed by atoms with Gasteiger partial charge in [0.1, 0.15) is 0 Å². The van der Waals surface area contributed by atoms with Crippen LogP contribution in [0.4, 0.5) is 0 Å². The summed E-state index contributed by atoms with van der Waals surface area (Å²) < 4.78 is 4.90. The van der Waals surface area contributed by atoms with Crippen molar-refractivity contribution in [1.29, 1.82) is 0 Å². The molecule has 0 spiro atoms. The van der Waals surface area contributed by atoms with Gasteiger partial charge in [-0.3, -0.25) is 0 Å². The minimum Gasteiger partial charge on any atom is -0.478 e. The first-order valence-electron chi connectivity index (χ1n) is 6.48. The molecular weight excluding hydrogens is 256 g/mol. The predicted octanol–water partition coefficient (Wildman–Crippen LogP) is 3.05. The second-order valence-electron chi connectivity index (χ2n) is 4.17. The van der Waals surface area contributed by atoms with E-state index >= 15 is 0 Å². The van der Waals surface area contributed by atoms with Gasteiger partial charge in [0.15, 0.2) is 0 Å². The Labute approximate surface area is 118 Å². The fourth-order valence-corrected chi connectivity index (χ4v) is 1.42. The summed E-state index contributed by atoms with van der Waals surface area (Å²) in [6, 6.07) is 9.26. The molecule has 0 unspecified atom stereocenters. The van der Waals surface area contributed by atoms with Gasteiger partial charge in [-0.15, -0.1) is 0 Å². The maximum Gasteiger partial charge on any atom is 0.335 e. The first kappa shape index (κ1) is 15.7. The van der Waals surface area contributed by atoms with Crippen LogP contribution in [0.3, 0.4) is 0 Å². The molecule has 1 rings (SSSR count). The molecule has 0 aliphatic heterocycles. The number of carboxylic acid groups (broad SMARTS) is 1. The first-order valence-corrected chi connectivity index (χ1v) is 6.48. The number of ether oxygens (including phenoxy) is 1. The molecule has 0 saturated heterocycles. The third kappa shape index (κ3) is 6.00. The Kier molecular flexibility index (Phi) is 6.82. The Balaban J connectivity index is 2.71. The Bertz CT molecular complexity index is 500. The van der Waals surface area contributed by atoms with Crippen LogP contribution in [0, 0.1) is 0 Å². The van der Waals surface area contributed by atoms with Crippen LogP contribution >= 0.6 is 0 Å². The van der Waals surface area contributed by atoms with Gasteiger partial charge in [0.25, 0.3) is 0 Å². The van der Waals surface area contributed by atoms with Gasteiger partial charge in [0.2, 0.25) is 0 Å². The van der Waals surface area contributed by atoms with Crippen molar-refractivity contribution < 1.29 is 19.4 Å². The van der Waals surface area contributed by atoms with Crippen molar-refractivity contribution in [3.8, 4) is 0 Å². The molecule has 1 aromatic rings. The molecule has 0 aromatic heterocycles. The molecule has 4 nitrogen and oxygen atoms in total. The highest BCUT2D eigenvalue weighted by Crippen LogP contribution is 2.06. The summed E-state index contributed by atoms with van der Waals surface area (Å²) in [5, 5.41) is 9.04. The van der Waals surface area contributed by atoms with Crippen molar-refractivity contribution in [3.63, 3.8) is 0 Å². The number of carbonyl (C=O) groups excluding carboxylic acids is 1. The molecule has 0 aliphatic rings. The molecule has 106 valence electrons. The molecule has 4 heteroatoms. The van der Waals surface area contributed by atoms with E-state index in [0.717, 1.165) is 24.5 Å². The maximum absolute atomic E-state index is 11.4. The third-order valence-corrected chi connectivity index (χ3v) is 2.52. The van der Waals surface area contributed by atoms with Gasteiger partial charge in [0, 0.05) is 6.08 Å². The zero-order valence-electron chi connectivity index (χ0n) is 11.4. The van der Waals surface area contributed by atoms with Crippen LogP contribution in [-0.2, 0) is 14.3 Å². The Morgan fingerprint density at radius 3 is 2.55 bits per heavy atom. The van der Waals surface area contributed by atoms with E-state index < -0.39 is 11.9 Å². The van der Waals surface area contributed by atoms with Crippen LogP contribution in [0.5, 0.6) is 0 Å². The molecule has 1 aromatic carbocycles. The highest BCUT2D eigenvalue weighted by Gasteiger charge is 2.07. The molecular formula is C16H18O4. The van der Waals surface area contributed by atoms with Crippen molar-refractivity contribution in [3.05, 3.63) is 53.6 Å². The highest BCUT2D eigenvalue weighted by molar-refractivity contribution is 5.98. The number of carbonyl (C=O) groups is 2. The van der Waals surface area contributed by atoms with Crippen molar-refractivity contribution in [2.45, 2.75) is 19.8 Å². The highest BCUT2D eigenvalue weighted by atomic mass is 16.5. The number of esters is 1. The lowest BCUT2D eigenvalue weighted by Gasteiger charge is -2.00. The molecule has 0 amide bonds. The molecule has 0 saturated carbocycles. The lowest BCUT2D eigenvalue weighted by atomic mass is 10.1. The monoisotopic (exact) mass is 274 g/mol. The summed E-state index contributed by atoms with van der Waals surface area (Å²) in [4.78, 5) is 22.5. The fourth-order valence-electron chi connectivity index (χ4n) is 1.42. The molecule has 0 fully saturated rings. The second-order valence-corrected chi connectivity index (χ2v) is 4.17. The van der Waals surface area contributed by atoms with Crippen LogP contribution in [-0.4, -0.2) is 23.7 Å². The van der Waals surface area contributed by atoms with E-state index in [0.29, 0.717) is 6.61 Å². The van der Waals surface area contributed by atoms with Gasteiger partial charge in [-0.1, -0.05) is 49.8 Å². The van der Waals surface area contributed by atoms with E-state index in [1.807, 2.05) is 37.3 Å². The number of benzene rings is 1. The average Bonchev–Trinajstić information content (AvgIpc) is 2.44. The van der Waals surface area contributed by atoms with Crippen molar-refractivity contribution in [1.82, 2.24) is 0 Å². The average molecular weight is 274 g/mol. The molecule has 0 aliphatic carbocycles. The summed E-state index contributed by atoms with van der Waals surface area (Å²) in [5.74, 6) is -1.79. The summed E-state index contributed by atoms with van der Waals surface area (Å²) in [7, 11) is 0. The lowest BCUT2D eigenvalue weighted by molar-refractivity contribution is -0.139. The number of hydrogen-bond acceptors (Lipinski definition) is 3. The second kappa shape index (κ2) is 8.69. The van der Waals surface area contributed by atoms with Gasteiger partial charge < -0.3 is 9.84 Å². The van der Waals surface area contributed by atoms with E-state index in [2.05, 4.69) is 0 Å². The Morgan fingerprint density at radius 1 is 1.25 bits per heavy atom. The molecule has 0 radical (unpaired) electrons. The van der Waals surface area contributed by atoms with E-state index in [9.17, 15) is 9.59 Å².